The summed E-state index contributed by atoms with van der Waals surface area (Å²) in [6.07, 6.45) is 0.785. The SMILES string of the molecule is CCOCC1CCN(c2ccc(CC(NC(=O)OC(C)(C)C)C(=O)Nc3ccc(C(=O)OC(C)(C)C)cc3)cc2)C(=O)C1. The summed E-state index contributed by atoms with van der Waals surface area (Å²) in [6.45, 7) is 14.4. The predicted octanol–water partition coefficient (Wildman–Crippen LogP) is 5.50. The normalized spacial score (nSPS) is 16.3. The van der Waals surface area contributed by atoms with Crippen LogP contribution in [0.4, 0.5) is 16.2 Å². The van der Waals surface area contributed by atoms with E-state index in [2.05, 4.69) is 10.6 Å². The number of hydrogen-bond acceptors (Lipinski definition) is 7. The molecule has 2 aromatic rings. The fraction of sp³-hybridized carbons (Fsp3) is 0.515. The molecule has 0 saturated carbocycles. The topological polar surface area (TPSA) is 123 Å². The van der Waals surface area contributed by atoms with Crippen molar-refractivity contribution in [3.63, 3.8) is 0 Å². The highest BCUT2D eigenvalue weighted by atomic mass is 16.6. The van der Waals surface area contributed by atoms with Crippen molar-refractivity contribution in [3.8, 4) is 0 Å². The molecule has 3 amide bonds. The number of nitrogens with zero attached hydrogens (tertiary/aromatic N) is 1. The number of amides is 3. The molecule has 10 nitrogen and oxygen atoms in total. The molecule has 0 radical (unpaired) electrons. The van der Waals surface area contributed by atoms with Crippen LogP contribution >= 0.6 is 0 Å². The minimum atomic E-state index is -0.956. The van der Waals surface area contributed by atoms with E-state index < -0.39 is 35.2 Å². The van der Waals surface area contributed by atoms with Crippen LogP contribution < -0.4 is 15.5 Å². The number of nitrogens with one attached hydrogen (secondary N) is 2. The van der Waals surface area contributed by atoms with Crippen LogP contribution in [0.5, 0.6) is 0 Å². The average molecular weight is 596 g/mol. The van der Waals surface area contributed by atoms with Crippen LogP contribution in [-0.2, 0) is 30.2 Å². The van der Waals surface area contributed by atoms with Crippen molar-refractivity contribution in [2.45, 2.75) is 85.0 Å². The Hall–Kier alpha value is -3.92. The molecular weight excluding hydrogens is 550 g/mol. The van der Waals surface area contributed by atoms with E-state index in [4.69, 9.17) is 14.2 Å². The van der Waals surface area contributed by atoms with Gasteiger partial charge in [0.05, 0.1) is 5.56 Å². The van der Waals surface area contributed by atoms with Gasteiger partial charge in [-0.1, -0.05) is 12.1 Å². The van der Waals surface area contributed by atoms with E-state index in [9.17, 15) is 19.2 Å². The number of anilines is 2. The Morgan fingerprint density at radius 1 is 0.930 bits per heavy atom. The number of carbonyl (C=O) groups excluding carboxylic acids is 4. The van der Waals surface area contributed by atoms with Gasteiger partial charge in [-0.25, -0.2) is 9.59 Å². The summed E-state index contributed by atoms with van der Waals surface area (Å²) >= 11 is 0. The van der Waals surface area contributed by atoms with Gasteiger partial charge in [-0.15, -0.1) is 0 Å². The molecule has 1 fully saturated rings. The standard InChI is InChI=1S/C33H45N3O7/c1-8-41-21-23-17-18-36(28(37)20-23)26-15-9-22(10-16-26)19-27(35-31(40)43-33(5,6)7)29(38)34-25-13-11-24(12-14-25)30(39)42-32(2,3)4/h9-16,23,27H,8,17-21H2,1-7H3,(H,34,38)(H,35,40). The number of hydrogen-bond donors (Lipinski definition) is 2. The van der Waals surface area contributed by atoms with Crippen molar-refractivity contribution in [1.29, 1.82) is 0 Å². The van der Waals surface area contributed by atoms with Gasteiger partial charge in [-0.2, -0.15) is 0 Å². The smallest absolute Gasteiger partial charge is 0.408 e. The van der Waals surface area contributed by atoms with Crippen molar-refractivity contribution in [2.75, 3.05) is 30.0 Å². The van der Waals surface area contributed by atoms with Crippen molar-refractivity contribution in [2.24, 2.45) is 5.92 Å². The molecule has 0 bridgehead atoms. The Labute approximate surface area is 254 Å². The van der Waals surface area contributed by atoms with Gasteiger partial charge >= 0.3 is 12.1 Å². The quantitative estimate of drug-likeness (QED) is 0.348. The zero-order chi connectivity index (χ0) is 31.8. The van der Waals surface area contributed by atoms with E-state index in [1.54, 1.807) is 70.7 Å². The van der Waals surface area contributed by atoms with Crippen LogP contribution in [0.2, 0.25) is 0 Å². The second-order valence-corrected chi connectivity index (χ2v) is 12.7. The second kappa shape index (κ2) is 14.5. The molecule has 1 heterocycles. The van der Waals surface area contributed by atoms with E-state index >= 15 is 0 Å². The number of carbonyl (C=O) groups is 4. The van der Waals surface area contributed by atoms with E-state index in [1.807, 2.05) is 31.2 Å². The molecular formula is C33H45N3O7. The molecule has 3 rings (SSSR count). The van der Waals surface area contributed by atoms with Gasteiger partial charge in [0, 0.05) is 44.0 Å². The summed E-state index contributed by atoms with van der Waals surface area (Å²) in [7, 11) is 0. The van der Waals surface area contributed by atoms with Crippen LogP contribution in [-0.4, -0.2) is 60.9 Å². The fourth-order valence-electron chi connectivity index (χ4n) is 4.56. The highest BCUT2D eigenvalue weighted by Crippen LogP contribution is 2.25. The van der Waals surface area contributed by atoms with Crippen LogP contribution in [0, 0.1) is 5.92 Å². The van der Waals surface area contributed by atoms with E-state index in [1.165, 1.54) is 0 Å². The van der Waals surface area contributed by atoms with Crippen LogP contribution in [0.25, 0.3) is 0 Å². The Kier molecular flexibility index (Phi) is 11.3. The predicted molar refractivity (Wildman–Crippen MR) is 165 cm³/mol. The zero-order valence-electron chi connectivity index (χ0n) is 26.3. The Morgan fingerprint density at radius 2 is 1.56 bits per heavy atom. The highest BCUT2D eigenvalue weighted by Gasteiger charge is 2.28. The monoisotopic (exact) mass is 595 g/mol. The lowest BCUT2D eigenvalue weighted by molar-refractivity contribution is -0.121. The lowest BCUT2D eigenvalue weighted by atomic mass is 9.96. The summed E-state index contributed by atoms with van der Waals surface area (Å²) in [4.78, 5) is 52.9. The summed E-state index contributed by atoms with van der Waals surface area (Å²) in [5, 5.41) is 5.49. The van der Waals surface area contributed by atoms with Gasteiger partial charge in [-0.3, -0.25) is 9.59 Å². The van der Waals surface area contributed by atoms with Crippen molar-refractivity contribution in [1.82, 2.24) is 5.32 Å². The Morgan fingerprint density at radius 3 is 2.12 bits per heavy atom. The molecule has 0 spiro atoms. The lowest BCUT2D eigenvalue weighted by Crippen LogP contribution is -2.47. The maximum absolute atomic E-state index is 13.4. The van der Waals surface area contributed by atoms with Crippen LogP contribution in [0.3, 0.4) is 0 Å². The molecule has 1 aliphatic rings. The number of benzene rings is 2. The molecule has 1 saturated heterocycles. The van der Waals surface area contributed by atoms with Gasteiger partial charge < -0.3 is 29.7 Å². The molecule has 0 aliphatic carbocycles. The molecule has 2 N–H and O–H groups in total. The third-order valence-corrected chi connectivity index (χ3v) is 6.57. The third kappa shape index (κ3) is 11.0. The first-order valence-electron chi connectivity index (χ1n) is 14.7. The average Bonchev–Trinajstić information content (AvgIpc) is 2.90. The molecule has 2 atom stereocenters. The maximum Gasteiger partial charge on any atom is 0.408 e. The lowest BCUT2D eigenvalue weighted by Gasteiger charge is -2.31. The maximum atomic E-state index is 13.4. The Bertz CT molecular complexity index is 1260. The van der Waals surface area contributed by atoms with Gasteiger partial charge in [0.1, 0.15) is 17.2 Å². The van der Waals surface area contributed by atoms with Crippen LogP contribution in [0.15, 0.2) is 48.5 Å². The summed E-state index contributed by atoms with van der Waals surface area (Å²) in [5.74, 6) is -0.624. The number of rotatable bonds is 10. The molecule has 43 heavy (non-hydrogen) atoms. The zero-order valence-corrected chi connectivity index (χ0v) is 26.3. The first-order chi connectivity index (χ1) is 20.1. The summed E-state index contributed by atoms with van der Waals surface area (Å²) in [6, 6.07) is 12.8. The van der Waals surface area contributed by atoms with Gasteiger partial charge in [0.2, 0.25) is 11.8 Å². The molecule has 0 aromatic heterocycles. The number of alkyl carbamates (subject to hydrolysis) is 1. The molecule has 1 aliphatic heterocycles. The number of piperidine rings is 1. The van der Waals surface area contributed by atoms with Gasteiger partial charge in [0.25, 0.3) is 0 Å². The summed E-state index contributed by atoms with van der Waals surface area (Å²) < 4.78 is 16.3. The van der Waals surface area contributed by atoms with Crippen molar-refractivity contribution in [3.05, 3.63) is 59.7 Å². The second-order valence-electron chi connectivity index (χ2n) is 12.7. The third-order valence-electron chi connectivity index (χ3n) is 6.57. The van der Waals surface area contributed by atoms with Gasteiger partial charge in [0.15, 0.2) is 0 Å². The van der Waals surface area contributed by atoms with E-state index in [-0.39, 0.29) is 18.2 Å². The molecule has 2 unspecified atom stereocenters. The molecule has 2 aromatic carbocycles. The minimum Gasteiger partial charge on any atom is -0.456 e. The largest absolute Gasteiger partial charge is 0.456 e. The van der Waals surface area contributed by atoms with Crippen molar-refractivity contribution >= 4 is 35.3 Å². The number of ether oxygens (including phenoxy) is 3. The first-order valence-corrected chi connectivity index (χ1v) is 14.7. The fourth-order valence-corrected chi connectivity index (χ4v) is 4.56. The summed E-state index contributed by atoms with van der Waals surface area (Å²) in [5.41, 5.74) is 1.02. The van der Waals surface area contributed by atoms with E-state index in [0.29, 0.717) is 37.4 Å². The van der Waals surface area contributed by atoms with Gasteiger partial charge in [-0.05, 0) is 103 Å². The van der Waals surface area contributed by atoms with Crippen LogP contribution in [0.1, 0.15) is 77.2 Å². The first kappa shape index (κ1) is 33.6. The Balaban J connectivity index is 1.70. The molecule has 234 valence electrons. The highest BCUT2D eigenvalue weighted by molar-refractivity contribution is 5.98. The van der Waals surface area contributed by atoms with E-state index in [0.717, 1.165) is 17.7 Å². The molecule has 10 heteroatoms. The minimum absolute atomic E-state index is 0.0604. The number of esters is 1. The van der Waals surface area contributed by atoms with Crippen molar-refractivity contribution < 1.29 is 33.4 Å².